The molecule has 1 aromatic heterocycles. The number of fused-ring (bicyclic) bond motifs is 1. The third-order valence-corrected chi connectivity index (χ3v) is 3.98. The molecule has 2 aromatic rings. The summed E-state index contributed by atoms with van der Waals surface area (Å²) in [7, 11) is 0. The molecule has 1 aliphatic heterocycles. The van der Waals surface area contributed by atoms with E-state index in [2.05, 4.69) is 26.1 Å². The van der Waals surface area contributed by atoms with Crippen LogP contribution in [0.1, 0.15) is 22.4 Å². The number of H-pyrrole nitrogens is 1. The van der Waals surface area contributed by atoms with Crippen LogP contribution in [0.5, 0.6) is 11.5 Å². The molecule has 0 bridgehead atoms. The number of ether oxygens (including phenoxy) is 2. The number of aromatic amines is 1. The molecule has 0 radical (unpaired) electrons. The van der Waals surface area contributed by atoms with Crippen molar-refractivity contribution >= 4 is 28.1 Å². The lowest BCUT2D eigenvalue weighted by Crippen LogP contribution is -2.15. The highest BCUT2D eigenvalue weighted by Crippen LogP contribution is 2.37. The smallest absolute Gasteiger partial charge is 0.282 e. The number of aromatic nitrogens is 2. The average Bonchev–Trinajstić information content (AvgIpc) is 2.94. The molecule has 7 heteroatoms. The van der Waals surface area contributed by atoms with E-state index in [0.29, 0.717) is 22.8 Å². The van der Waals surface area contributed by atoms with Crippen molar-refractivity contribution in [2.24, 2.45) is 0 Å². The summed E-state index contributed by atoms with van der Waals surface area (Å²) >= 11 is 3.46. The molecule has 0 saturated heterocycles. The lowest BCUT2D eigenvalue weighted by Gasteiger charge is -2.03. The fraction of sp³-hybridized carbons (Fsp3) is 0.133. The van der Waals surface area contributed by atoms with E-state index in [-0.39, 0.29) is 12.4 Å². The second kappa shape index (κ2) is 5.66. The molecule has 0 spiro atoms. The van der Waals surface area contributed by atoms with E-state index >= 15 is 0 Å². The van der Waals surface area contributed by atoms with Crippen LogP contribution in [0.2, 0.25) is 0 Å². The van der Waals surface area contributed by atoms with E-state index in [1.54, 1.807) is 13.0 Å². The van der Waals surface area contributed by atoms with Crippen LogP contribution >= 0.6 is 15.9 Å². The van der Waals surface area contributed by atoms with Crippen LogP contribution in [0.3, 0.4) is 0 Å². The third-order valence-electron chi connectivity index (χ3n) is 3.29. The van der Waals surface area contributed by atoms with E-state index in [1.165, 1.54) is 0 Å². The maximum atomic E-state index is 11.5. The van der Waals surface area contributed by atoms with E-state index in [9.17, 15) is 4.79 Å². The summed E-state index contributed by atoms with van der Waals surface area (Å²) in [5, 5.41) is 15.3. The molecule has 0 saturated carbocycles. The van der Waals surface area contributed by atoms with E-state index < -0.39 is 5.56 Å². The highest BCUT2D eigenvalue weighted by atomic mass is 79.9. The molecule has 0 amide bonds. The van der Waals surface area contributed by atoms with Crippen molar-refractivity contribution in [3.63, 3.8) is 0 Å². The summed E-state index contributed by atoms with van der Waals surface area (Å²) in [6.45, 7) is 1.90. The van der Waals surface area contributed by atoms with Crippen LogP contribution < -0.4 is 15.0 Å². The van der Waals surface area contributed by atoms with Crippen LogP contribution in [0, 0.1) is 18.3 Å². The second-order valence-corrected chi connectivity index (χ2v) is 5.46. The predicted molar refractivity (Wildman–Crippen MR) is 83.5 cm³/mol. The average molecular weight is 360 g/mol. The number of hydrogen-bond donors (Lipinski definition) is 1. The monoisotopic (exact) mass is 359 g/mol. The molecule has 0 aliphatic carbocycles. The Morgan fingerprint density at radius 1 is 1.36 bits per heavy atom. The van der Waals surface area contributed by atoms with Gasteiger partial charge >= 0.3 is 0 Å². The zero-order valence-electron chi connectivity index (χ0n) is 11.5. The zero-order valence-corrected chi connectivity index (χ0v) is 13.1. The molecule has 22 heavy (non-hydrogen) atoms. The molecule has 1 aliphatic rings. The maximum absolute atomic E-state index is 11.5. The number of halogens is 1. The second-order valence-electron chi connectivity index (χ2n) is 4.61. The largest absolute Gasteiger partial charge is 0.454 e. The Bertz CT molecular complexity index is 881. The molecule has 1 N–H and O–H groups in total. The standard InChI is InChI=1S/C15H10BrN3O3/c1-8-10(6-17)15(20)19-18-12(8)3-2-9-4-13-14(5-11(9)16)22-7-21-13/h2-5H,7H2,1H3,(H,19,20)/b3-2+. The number of nitrogens with zero attached hydrogens (tertiary/aromatic N) is 2. The highest BCUT2D eigenvalue weighted by molar-refractivity contribution is 9.10. The number of benzene rings is 1. The van der Waals surface area contributed by atoms with Gasteiger partial charge in [-0.1, -0.05) is 22.0 Å². The summed E-state index contributed by atoms with van der Waals surface area (Å²) in [5.41, 5.74) is 1.52. The number of rotatable bonds is 2. The van der Waals surface area contributed by atoms with Crippen molar-refractivity contribution in [3.05, 3.63) is 49.3 Å². The minimum absolute atomic E-state index is 0.0689. The first-order chi connectivity index (χ1) is 10.6. The summed E-state index contributed by atoms with van der Waals surface area (Å²) in [4.78, 5) is 11.5. The fourth-order valence-corrected chi connectivity index (χ4v) is 2.53. The lowest BCUT2D eigenvalue weighted by molar-refractivity contribution is 0.174. The van der Waals surface area contributed by atoms with Crippen molar-refractivity contribution in [2.45, 2.75) is 6.92 Å². The Hall–Kier alpha value is -2.59. The Kier molecular flexibility index (Phi) is 3.69. The molecule has 3 rings (SSSR count). The molecule has 0 unspecified atom stereocenters. The number of hydrogen-bond acceptors (Lipinski definition) is 5. The van der Waals surface area contributed by atoms with Crippen LogP contribution in [0.15, 0.2) is 21.4 Å². The van der Waals surface area contributed by atoms with Gasteiger partial charge in [-0.3, -0.25) is 4.79 Å². The van der Waals surface area contributed by atoms with Crippen molar-refractivity contribution in [2.75, 3.05) is 6.79 Å². The van der Waals surface area contributed by atoms with E-state index in [1.807, 2.05) is 24.3 Å². The van der Waals surface area contributed by atoms with Crippen molar-refractivity contribution in [1.29, 1.82) is 5.26 Å². The van der Waals surface area contributed by atoms with Gasteiger partial charge in [0.25, 0.3) is 5.56 Å². The van der Waals surface area contributed by atoms with Gasteiger partial charge in [0, 0.05) is 4.47 Å². The molecule has 6 nitrogen and oxygen atoms in total. The van der Waals surface area contributed by atoms with Gasteiger partial charge in [0.2, 0.25) is 6.79 Å². The first-order valence-corrected chi connectivity index (χ1v) is 7.16. The van der Waals surface area contributed by atoms with Crippen LogP contribution in [-0.4, -0.2) is 17.0 Å². The number of nitriles is 1. The molecular formula is C15H10BrN3O3. The molecule has 0 atom stereocenters. The molecule has 0 fully saturated rings. The van der Waals surface area contributed by atoms with Gasteiger partial charge < -0.3 is 9.47 Å². The van der Waals surface area contributed by atoms with Gasteiger partial charge in [-0.05, 0) is 36.3 Å². The van der Waals surface area contributed by atoms with E-state index in [4.69, 9.17) is 14.7 Å². The minimum atomic E-state index is -0.485. The predicted octanol–water partition coefficient (Wildman–Crippen LogP) is 2.61. The Morgan fingerprint density at radius 2 is 2.09 bits per heavy atom. The first kappa shape index (κ1) is 14.4. The van der Waals surface area contributed by atoms with Gasteiger partial charge in [-0.25, -0.2) is 5.10 Å². The quantitative estimate of drug-likeness (QED) is 0.890. The molecular weight excluding hydrogens is 350 g/mol. The minimum Gasteiger partial charge on any atom is -0.454 e. The normalized spacial score (nSPS) is 12.6. The van der Waals surface area contributed by atoms with Gasteiger partial charge in [0.15, 0.2) is 11.5 Å². The lowest BCUT2D eigenvalue weighted by atomic mass is 10.1. The molecule has 1 aromatic carbocycles. The fourth-order valence-electron chi connectivity index (χ4n) is 2.08. The first-order valence-electron chi connectivity index (χ1n) is 6.36. The Labute approximate surface area is 134 Å². The zero-order chi connectivity index (χ0) is 15.7. The maximum Gasteiger partial charge on any atom is 0.282 e. The van der Waals surface area contributed by atoms with Crippen LogP contribution in [0.4, 0.5) is 0 Å². The van der Waals surface area contributed by atoms with Crippen molar-refractivity contribution < 1.29 is 9.47 Å². The third kappa shape index (κ3) is 2.49. The van der Waals surface area contributed by atoms with E-state index in [0.717, 1.165) is 10.0 Å². The summed E-state index contributed by atoms with van der Waals surface area (Å²) in [6, 6.07) is 5.56. The van der Waals surface area contributed by atoms with Crippen molar-refractivity contribution in [3.8, 4) is 17.6 Å². The highest BCUT2D eigenvalue weighted by Gasteiger charge is 2.15. The summed E-state index contributed by atoms with van der Waals surface area (Å²) < 4.78 is 11.5. The summed E-state index contributed by atoms with van der Waals surface area (Å²) in [5.74, 6) is 1.36. The van der Waals surface area contributed by atoms with Gasteiger partial charge in [0.1, 0.15) is 11.6 Å². The van der Waals surface area contributed by atoms with Gasteiger partial charge in [-0.15, -0.1) is 0 Å². The summed E-state index contributed by atoms with van der Waals surface area (Å²) in [6.07, 6.45) is 3.55. The van der Waals surface area contributed by atoms with Gasteiger partial charge in [-0.2, -0.15) is 10.4 Å². The number of nitrogens with one attached hydrogen (secondary N) is 1. The van der Waals surface area contributed by atoms with Crippen molar-refractivity contribution in [1.82, 2.24) is 10.2 Å². The van der Waals surface area contributed by atoms with Crippen LogP contribution in [0.25, 0.3) is 12.2 Å². The Morgan fingerprint density at radius 3 is 2.82 bits per heavy atom. The Balaban J connectivity index is 1.99. The topological polar surface area (TPSA) is 88.0 Å². The molecule has 110 valence electrons. The SMILES string of the molecule is Cc1c(/C=C/c2cc3c(cc2Br)OCO3)n[nH]c(=O)c1C#N. The van der Waals surface area contributed by atoms with Gasteiger partial charge in [0.05, 0.1) is 5.69 Å². The molecule has 2 heterocycles. The van der Waals surface area contributed by atoms with Crippen LogP contribution in [-0.2, 0) is 0 Å².